The Balaban J connectivity index is 2.39. The molecule has 1 fully saturated rings. The first kappa shape index (κ1) is 12.3. The van der Waals surface area contributed by atoms with Crippen LogP contribution in [0.4, 0.5) is 0 Å². The van der Waals surface area contributed by atoms with Gasteiger partial charge in [0, 0.05) is 24.7 Å². The van der Waals surface area contributed by atoms with E-state index in [4.69, 9.17) is 10.3 Å². The zero-order chi connectivity index (χ0) is 11.1. The Labute approximate surface area is 89.2 Å². The smallest absolute Gasteiger partial charge is 0.153 e. The van der Waals surface area contributed by atoms with Gasteiger partial charge in [-0.2, -0.15) is 0 Å². The summed E-state index contributed by atoms with van der Waals surface area (Å²) in [5.74, 6) is 0.108. The van der Waals surface area contributed by atoms with Gasteiger partial charge in [0.15, 0.2) is 9.84 Å². The summed E-state index contributed by atoms with van der Waals surface area (Å²) in [6.07, 6.45) is 1.58. The van der Waals surface area contributed by atoms with E-state index >= 15 is 0 Å². The first-order valence-electron chi connectivity index (χ1n) is 4.97. The number of hydrogen-bond donors (Lipinski definition) is 0. The van der Waals surface area contributed by atoms with Crippen molar-refractivity contribution < 1.29 is 13.2 Å². The van der Waals surface area contributed by atoms with Gasteiger partial charge in [-0.25, -0.2) is 8.42 Å². The van der Waals surface area contributed by atoms with E-state index < -0.39 is 9.84 Å². The van der Waals surface area contributed by atoms with Crippen LogP contribution in [0.25, 0.3) is 10.4 Å². The Morgan fingerprint density at radius 1 is 1.40 bits per heavy atom. The van der Waals surface area contributed by atoms with E-state index in [1.54, 1.807) is 0 Å². The van der Waals surface area contributed by atoms with Crippen LogP contribution in [0.3, 0.4) is 0 Å². The average molecular weight is 233 g/mol. The standard InChI is InChI=1S/C8H15N3O3S/c9-11-10-4-1-7-15(12,13)8-2-5-14-6-3-8/h8H,1-7H2. The molecule has 1 heterocycles. The molecule has 0 aliphatic carbocycles. The first-order chi connectivity index (χ1) is 7.17. The van der Waals surface area contributed by atoms with Crippen LogP contribution in [-0.4, -0.2) is 39.2 Å². The minimum atomic E-state index is -3.03. The predicted molar refractivity (Wildman–Crippen MR) is 56.3 cm³/mol. The van der Waals surface area contributed by atoms with Gasteiger partial charge in [-0.15, -0.1) is 0 Å². The summed E-state index contributed by atoms with van der Waals surface area (Å²) in [6.45, 7) is 1.31. The molecule has 0 N–H and O–H groups in total. The van der Waals surface area contributed by atoms with Crippen molar-refractivity contribution in [1.29, 1.82) is 0 Å². The molecule has 1 saturated heterocycles. The summed E-state index contributed by atoms with van der Waals surface area (Å²) in [6, 6.07) is 0. The molecule has 0 unspecified atom stereocenters. The molecule has 0 aromatic rings. The molecule has 15 heavy (non-hydrogen) atoms. The van der Waals surface area contributed by atoms with E-state index in [2.05, 4.69) is 10.0 Å². The number of hydrogen-bond acceptors (Lipinski definition) is 4. The second kappa shape index (κ2) is 5.95. The van der Waals surface area contributed by atoms with Gasteiger partial charge in [0.05, 0.1) is 11.0 Å². The molecule has 1 rings (SSSR count). The molecule has 86 valence electrons. The number of nitrogens with zero attached hydrogens (tertiary/aromatic N) is 3. The summed E-state index contributed by atoms with van der Waals surface area (Å²) in [4.78, 5) is 2.58. The Bertz CT molecular complexity index is 329. The molecule has 0 radical (unpaired) electrons. The van der Waals surface area contributed by atoms with Gasteiger partial charge in [-0.1, -0.05) is 5.11 Å². The predicted octanol–water partition coefficient (Wildman–Crippen LogP) is 1.28. The molecule has 0 saturated carbocycles. The highest BCUT2D eigenvalue weighted by Crippen LogP contribution is 2.17. The lowest BCUT2D eigenvalue weighted by molar-refractivity contribution is 0.0983. The zero-order valence-corrected chi connectivity index (χ0v) is 9.32. The maximum Gasteiger partial charge on any atom is 0.153 e. The maximum absolute atomic E-state index is 11.8. The minimum Gasteiger partial charge on any atom is -0.381 e. The summed E-state index contributed by atoms with van der Waals surface area (Å²) in [7, 11) is -3.03. The number of ether oxygens (including phenoxy) is 1. The van der Waals surface area contributed by atoms with Gasteiger partial charge in [0.2, 0.25) is 0 Å². The number of sulfone groups is 1. The summed E-state index contributed by atoms with van der Waals surface area (Å²) in [5.41, 5.74) is 8.04. The fraction of sp³-hybridized carbons (Fsp3) is 1.00. The van der Waals surface area contributed by atoms with Crippen LogP contribution in [-0.2, 0) is 14.6 Å². The second-order valence-electron chi connectivity index (χ2n) is 3.49. The number of rotatable bonds is 5. The van der Waals surface area contributed by atoms with Crippen molar-refractivity contribution in [1.82, 2.24) is 0 Å². The van der Waals surface area contributed by atoms with E-state index in [1.807, 2.05) is 0 Å². The third-order valence-electron chi connectivity index (χ3n) is 2.43. The van der Waals surface area contributed by atoms with Crippen molar-refractivity contribution in [2.45, 2.75) is 24.5 Å². The van der Waals surface area contributed by atoms with Gasteiger partial charge in [-0.05, 0) is 24.8 Å². The quantitative estimate of drug-likeness (QED) is 0.310. The molecule has 7 heteroatoms. The van der Waals surface area contributed by atoms with Crippen LogP contribution in [0.1, 0.15) is 19.3 Å². The lowest BCUT2D eigenvalue weighted by atomic mass is 10.2. The Kier molecular flexibility index (Phi) is 4.87. The molecular weight excluding hydrogens is 218 g/mol. The Morgan fingerprint density at radius 2 is 2.07 bits per heavy atom. The molecule has 6 nitrogen and oxygen atoms in total. The van der Waals surface area contributed by atoms with Crippen LogP contribution in [0.15, 0.2) is 5.11 Å². The average Bonchev–Trinajstić information content (AvgIpc) is 2.26. The molecule has 0 aromatic carbocycles. The van der Waals surface area contributed by atoms with Crippen molar-refractivity contribution in [3.8, 4) is 0 Å². The summed E-state index contributed by atoms with van der Waals surface area (Å²) >= 11 is 0. The fourth-order valence-electron chi connectivity index (χ4n) is 1.58. The molecule has 0 aromatic heterocycles. The van der Waals surface area contributed by atoms with Crippen LogP contribution in [0, 0.1) is 0 Å². The van der Waals surface area contributed by atoms with Gasteiger partial charge >= 0.3 is 0 Å². The molecule has 0 amide bonds. The van der Waals surface area contributed by atoms with Crippen LogP contribution in [0.5, 0.6) is 0 Å². The maximum atomic E-state index is 11.8. The van der Waals surface area contributed by atoms with E-state index in [0.29, 0.717) is 32.5 Å². The normalized spacial score (nSPS) is 18.4. The SMILES string of the molecule is [N-]=[N+]=NCCCS(=O)(=O)C1CCOCC1. The van der Waals surface area contributed by atoms with Crippen LogP contribution in [0.2, 0.25) is 0 Å². The Hall–Kier alpha value is -0.780. The van der Waals surface area contributed by atoms with Gasteiger partial charge in [0.1, 0.15) is 0 Å². The third kappa shape index (κ3) is 4.07. The lowest BCUT2D eigenvalue weighted by Gasteiger charge is -2.21. The molecule has 0 atom stereocenters. The van der Waals surface area contributed by atoms with Gasteiger partial charge in [0.25, 0.3) is 0 Å². The van der Waals surface area contributed by atoms with Crippen molar-refractivity contribution in [2.75, 3.05) is 25.5 Å². The van der Waals surface area contributed by atoms with E-state index in [0.717, 1.165) is 0 Å². The minimum absolute atomic E-state index is 0.108. The zero-order valence-electron chi connectivity index (χ0n) is 8.50. The summed E-state index contributed by atoms with van der Waals surface area (Å²) in [5, 5.41) is 3.05. The largest absolute Gasteiger partial charge is 0.381 e. The van der Waals surface area contributed by atoms with Crippen molar-refractivity contribution >= 4 is 9.84 Å². The molecule has 0 spiro atoms. The summed E-state index contributed by atoms with van der Waals surface area (Å²) < 4.78 is 28.6. The van der Waals surface area contributed by atoms with Gasteiger partial charge < -0.3 is 4.74 Å². The first-order valence-corrected chi connectivity index (χ1v) is 6.68. The van der Waals surface area contributed by atoms with E-state index in [-0.39, 0.29) is 17.5 Å². The van der Waals surface area contributed by atoms with Gasteiger partial charge in [-0.3, -0.25) is 0 Å². The highest BCUT2D eigenvalue weighted by Gasteiger charge is 2.26. The second-order valence-corrected chi connectivity index (χ2v) is 5.89. The third-order valence-corrected chi connectivity index (χ3v) is 4.77. The van der Waals surface area contributed by atoms with Crippen molar-refractivity contribution in [3.63, 3.8) is 0 Å². The molecule has 0 bridgehead atoms. The van der Waals surface area contributed by atoms with Crippen LogP contribution >= 0.6 is 0 Å². The van der Waals surface area contributed by atoms with Crippen molar-refractivity contribution in [2.24, 2.45) is 5.11 Å². The monoisotopic (exact) mass is 233 g/mol. The Morgan fingerprint density at radius 3 is 2.67 bits per heavy atom. The molecule has 1 aliphatic rings. The number of azide groups is 1. The van der Waals surface area contributed by atoms with Crippen molar-refractivity contribution in [3.05, 3.63) is 10.4 Å². The highest BCUT2D eigenvalue weighted by atomic mass is 32.2. The topological polar surface area (TPSA) is 92.1 Å². The molecular formula is C8H15N3O3S. The fourth-order valence-corrected chi connectivity index (χ4v) is 3.36. The lowest BCUT2D eigenvalue weighted by Crippen LogP contribution is -2.30. The van der Waals surface area contributed by atoms with Crippen LogP contribution < -0.4 is 0 Å². The van der Waals surface area contributed by atoms with E-state index in [1.165, 1.54) is 0 Å². The molecule has 1 aliphatic heterocycles. The highest BCUT2D eigenvalue weighted by molar-refractivity contribution is 7.92. The van der Waals surface area contributed by atoms with E-state index in [9.17, 15) is 8.42 Å².